The molecule has 0 fully saturated rings. The fourth-order valence-corrected chi connectivity index (χ4v) is 3.02. The van der Waals surface area contributed by atoms with E-state index in [-0.39, 0.29) is 5.41 Å². The Bertz CT molecular complexity index is 774. The number of hydrogen-bond donors (Lipinski definition) is 1. The molecule has 0 bridgehead atoms. The van der Waals surface area contributed by atoms with Gasteiger partial charge in [0.05, 0.1) is 12.3 Å². The lowest BCUT2D eigenvalue weighted by Crippen LogP contribution is -2.33. The van der Waals surface area contributed by atoms with Gasteiger partial charge in [0.1, 0.15) is 0 Å². The zero-order valence-corrected chi connectivity index (χ0v) is 14.9. The summed E-state index contributed by atoms with van der Waals surface area (Å²) in [6, 6.07) is 17.5. The molecule has 25 heavy (non-hydrogen) atoms. The Morgan fingerprint density at radius 1 is 1.12 bits per heavy atom. The van der Waals surface area contributed by atoms with E-state index in [1.807, 2.05) is 42.5 Å². The largest absolute Gasteiger partial charge is 0.480 e. The molecule has 1 N–H and O–H groups in total. The summed E-state index contributed by atoms with van der Waals surface area (Å²) in [7, 11) is 0. The lowest BCUT2D eigenvalue weighted by Gasteiger charge is -2.19. The molecule has 0 spiro atoms. The van der Waals surface area contributed by atoms with Gasteiger partial charge in [-0.05, 0) is 22.1 Å². The molecule has 1 unspecified atom stereocenters. The van der Waals surface area contributed by atoms with Gasteiger partial charge in [-0.1, -0.05) is 75.4 Å². The number of aliphatic carboxylic acids is 1. The van der Waals surface area contributed by atoms with Crippen LogP contribution >= 0.6 is 0 Å². The van der Waals surface area contributed by atoms with Gasteiger partial charge < -0.3 is 5.11 Å². The highest BCUT2D eigenvalue weighted by molar-refractivity contribution is 6.04. The van der Waals surface area contributed by atoms with E-state index in [1.54, 1.807) is 5.01 Å². The summed E-state index contributed by atoms with van der Waals surface area (Å²) in [5, 5.41) is 15.9. The Balaban J connectivity index is 1.84. The minimum atomic E-state index is -0.832. The highest BCUT2D eigenvalue weighted by atomic mass is 16.4. The first-order valence-corrected chi connectivity index (χ1v) is 8.56. The van der Waals surface area contributed by atoms with Gasteiger partial charge >= 0.3 is 5.97 Å². The third-order valence-electron chi connectivity index (χ3n) is 4.55. The Kier molecular flexibility index (Phi) is 4.62. The van der Waals surface area contributed by atoms with Crippen molar-refractivity contribution in [3.63, 3.8) is 0 Å². The van der Waals surface area contributed by atoms with E-state index in [1.165, 1.54) is 5.56 Å². The van der Waals surface area contributed by atoms with Crippen molar-refractivity contribution in [2.75, 3.05) is 0 Å². The van der Waals surface area contributed by atoms with Gasteiger partial charge in [-0.15, -0.1) is 0 Å². The Hall–Kier alpha value is -2.62. The number of hydrazone groups is 1. The molecule has 130 valence electrons. The van der Waals surface area contributed by atoms with Crippen LogP contribution in [0.2, 0.25) is 0 Å². The molecule has 0 saturated heterocycles. The average molecular weight is 336 g/mol. The fourth-order valence-electron chi connectivity index (χ4n) is 3.02. The predicted octanol–water partition coefficient (Wildman–Crippen LogP) is 4.05. The minimum absolute atomic E-state index is 0.0962. The summed E-state index contributed by atoms with van der Waals surface area (Å²) >= 11 is 0. The molecule has 1 atom stereocenters. The molecule has 0 radical (unpaired) electrons. The van der Waals surface area contributed by atoms with Crippen LogP contribution in [0.25, 0.3) is 0 Å². The number of carbonyl (C=O) groups is 1. The molecular formula is C21H24N2O2. The molecule has 0 saturated carbocycles. The van der Waals surface area contributed by atoms with E-state index in [9.17, 15) is 9.90 Å². The van der Waals surface area contributed by atoms with Crippen LogP contribution in [0.3, 0.4) is 0 Å². The Labute approximate surface area is 148 Å². The molecule has 0 aromatic heterocycles. The van der Waals surface area contributed by atoms with Gasteiger partial charge in [0.2, 0.25) is 0 Å². The van der Waals surface area contributed by atoms with Crippen molar-refractivity contribution in [1.29, 1.82) is 0 Å². The smallest absolute Gasteiger partial charge is 0.328 e. The molecule has 2 aromatic rings. The minimum Gasteiger partial charge on any atom is -0.480 e. The third kappa shape index (κ3) is 3.90. The summed E-state index contributed by atoms with van der Waals surface area (Å²) in [5.41, 5.74) is 4.24. The van der Waals surface area contributed by atoms with Crippen LogP contribution in [0, 0.1) is 0 Å². The molecule has 3 rings (SSSR count). The van der Waals surface area contributed by atoms with Crippen LogP contribution < -0.4 is 0 Å². The SMILES string of the molecule is CC(C)(C)c1ccc(C2=NN(Cc3ccccc3)C(C(=O)O)C2)cc1. The summed E-state index contributed by atoms with van der Waals surface area (Å²) in [4.78, 5) is 11.6. The van der Waals surface area contributed by atoms with Crippen molar-refractivity contribution in [3.8, 4) is 0 Å². The maximum absolute atomic E-state index is 11.6. The van der Waals surface area contributed by atoms with E-state index in [0.717, 1.165) is 16.8 Å². The number of carboxylic acid groups (broad SMARTS) is 1. The van der Waals surface area contributed by atoms with Crippen LogP contribution in [-0.4, -0.2) is 27.8 Å². The molecule has 0 aliphatic carbocycles. The van der Waals surface area contributed by atoms with E-state index in [4.69, 9.17) is 0 Å². The third-order valence-corrected chi connectivity index (χ3v) is 4.55. The normalized spacial score (nSPS) is 17.5. The number of rotatable bonds is 4. The zero-order valence-electron chi connectivity index (χ0n) is 14.9. The van der Waals surface area contributed by atoms with Crippen molar-refractivity contribution in [2.45, 2.75) is 45.2 Å². The second-order valence-electron chi connectivity index (χ2n) is 7.52. The first-order valence-electron chi connectivity index (χ1n) is 8.56. The summed E-state index contributed by atoms with van der Waals surface area (Å²) in [6.45, 7) is 7.03. The summed E-state index contributed by atoms with van der Waals surface area (Å²) in [6.07, 6.45) is 0.428. The predicted molar refractivity (Wildman–Crippen MR) is 99.7 cm³/mol. The van der Waals surface area contributed by atoms with E-state index >= 15 is 0 Å². The molecule has 4 nitrogen and oxygen atoms in total. The van der Waals surface area contributed by atoms with E-state index < -0.39 is 12.0 Å². The number of nitrogens with zero attached hydrogens (tertiary/aromatic N) is 2. The number of benzene rings is 2. The molecule has 2 aromatic carbocycles. The first-order chi connectivity index (χ1) is 11.8. The molecule has 1 heterocycles. The standard InChI is InChI=1S/C21H24N2O2/c1-21(2,3)17-11-9-16(10-12-17)18-13-19(20(24)25)23(22-18)14-15-7-5-4-6-8-15/h4-12,19H,13-14H2,1-3H3,(H,24,25). The lowest BCUT2D eigenvalue weighted by molar-refractivity contribution is -0.142. The number of carboxylic acids is 1. The van der Waals surface area contributed by atoms with Crippen molar-refractivity contribution in [2.24, 2.45) is 5.10 Å². The highest BCUT2D eigenvalue weighted by Crippen LogP contribution is 2.26. The Morgan fingerprint density at radius 2 is 1.76 bits per heavy atom. The molecule has 1 aliphatic rings. The van der Waals surface area contributed by atoms with Gasteiger partial charge in [0.25, 0.3) is 0 Å². The quantitative estimate of drug-likeness (QED) is 0.916. The van der Waals surface area contributed by atoms with Crippen LogP contribution in [-0.2, 0) is 16.8 Å². The maximum Gasteiger partial charge on any atom is 0.328 e. The van der Waals surface area contributed by atoms with Crippen molar-refractivity contribution in [3.05, 3.63) is 71.3 Å². The molecule has 4 heteroatoms. The molecule has 1 aliphatic heterocycles. The second-order valence-corrected chi connectivity index (χ2v) is 7.52. The van der Waals surface area contributed by atoms with Gasteiger partial charge in [0, 0.05) is 6.42 Å². The van der Waals surface area contributed by atoms with Gasteiger partial charge in [-0.3, -0.25) is 5.01 Å². The average Bonchev–Trinajstić information content (AvgIpc) is 2.99. The zero-order chi connectivity index (χ0) is 18.0. The number of hydrogen-bond acceptors (Lipinski definition) is 3. The maximum atomic E-state index is 11.6. The summed E-state index contributed by atoms with van der Waals surface area (Å²) < 4.78 is 0. The lowest BCUT2D eigenvalue weighted by atomic mass is 9.86. The first kappa shape index (κ1) is 17.2. The topological polar surface area (TPSA) is 52.9 Å². The van der Waals surface area contributed by atoms with Crippen molar-refractivity contribution < 1.29 is 9.90 Å². The van der Waals surface area contributed by atoms with Crippen LogP contribution in [0.1, 0.15) is 43.9 Å². The fraction of sp³-hybridized carbons (Fsp3) is 0.333. The van der Waals surface area contributed by atoms with Crippen molar-refractivity contribution >= 4 is 11.7 Å². The summed E-state index contributed by atoms with van der Waals surface area (Å²) in [5.74, 6) is -0.832. The van der Waals surface area contributed by atoms with E-state index in [0.29, 0.717) is 13.0 Å². The highest BCUT2D eigenvalue weighted by Gasteiger charge is 2.33. The van der Waals surface area contributed by atoms with Gasteiger partial charge in [-0.2, -0.15) is 5.10 Å². The second kappa shape index (κ2) is 6.71. The van der Waals surface area contributed by atoms with Gasteiger partial charge in [-0.25, -0.2) is 4.79 Å². The van der Waals surface area contributed by atoms with Crippen molar-refractivity contribution in [1.82, 2.24) is 5.01 Å². The Morgan fingerprint density at radius 3 is 2.32 bits per heavy atom. The molecular weight excluding hydrogens is 312 g/mol. The monoisotopic (exact) mass is 336 g/mol. The van der Waals surface area contributed by atoms with Gasteiger partial charge in [0.15, 0.2) is 6.04 Å². The molecule has 0 amide bonds. The van der Waals surface area contributed by atoms with Crippen LogP contribution in [0.15, 0.2) is 59.7 Å². The van der Waals surface area contributed by atoms with Crippen LogP contribution in [0.5, 0.6) is 0 Å². The van der Waals surface area contributed by atoms with Crippen LogP contribution in [0.4, 0.5) is 0 Å². The van der Waals surface area contributed by atoms with E-state index in [2.05, 4.69) is 38.0 Å².